The highest BCUT2D eigenvalue weighted by atomic mass is 16.5. The van der Waals surface area contributed by atoms with Crippen molar-refractivity contribution in [2.75, 3.05) is 19.7 Å². The zero-order valence-corrected chi connectivity index (χ0v) is 11.6. The van der Waals surface area contributed by atoms with Gasteiger partial charge in [-0.2, -0.15) is 0 Å². The molecule has 0 saturated heterocycles. The van der Waals surface area contributed by atoms with Gasteiger partial charge in [0, 0.05) is 6.54 Å². The number of hydrogen-bond acceptors (Lipinski definition) is 3. The minimum absolute atomic E-state index is 0.00356. The van der Waals surface area contributed by atoms with E-state index in [2.05, 4.69) is 12.2 Å². The van der Waals surface area contributed by atoms with Gasteiger partial charge < -0.3 is 15.2 Å². The molecule has 0 aliphatic carbocycles. The van der Waals surface area contributed by atoms with E-state index in [0.717, 1.165) is 18.5 Å². The van der Waals surface area contributed by atoms with Gasteiger partial charge >= 0.3 is 0 Å². The first-order valence-corrected chi connectivity index (χ1v) is 6.65. The SMILES string of the molecule is CCCNCC(C)(O)COC(C)c1ccccc1. The summed E-state index contributed by atoms with van der Waals surface area (Å²) in [5.41, 5.74) is 0.313. The van der Waals surface area contributed by atoms with Crippen LogP contribution in [0, 0.1) is 0 Å². The van der Waals surface area contributed by atoms with Crippen molar-refractivity contribution in [1.29, 1.82) is 0 Å². The average molecular weight is 251 g/mol. The van der Waals surface area contributed by atoms with Crippen molar-refractivity contribution in [3.8, 4) is 0 Å². The molecule has 0 spiro atoms. The lowest BCUT2D eigenvalue weighted by Crippen LogP contribution is -2.42. The van der Waals surface area contributed by atoms with E-state index in [0.29, 0.717) is 13.2 Å². The van der Waals surface area contributed by atoms with Crippen molar-refractivity contribution in [1.82, 2.24) is 5.32 Å². The quantitative estimate of drug-likeness (QED) is 0.698. The molecule has 0 aliphatic heterocycles. The third-order valence-electron chi connectivity index (χ3n) is 2.85. The summed E-state index contributed by atoms with van der Waals surface area (Å²) >= 11 is 0. The smallest absolute Gasteiger partial charge is 0.0975 e. The fraction of sp³-hybridized carbons (Fsp3) is 0.600. The van der Waals surface area contributed by atoms with Crippen LogP contribution in [0.4, 0.5) is 0 Å². The Hall–Kier alpha value is -0.900. The number of hydrogen-bond donors (Lipinski definition) is 2. The predicted octanol–water partition coefficient (Wildman–Crippen LogP) is 2.51. The van der Waals surface area contributed by atoms with Crippen LogP contribution < -0.4 is 5.32 Å². The summed E-state index contributed by atoms with van der Waals surface area (Å²) in [6.07, 6.45) is 1.07. The van der Waals surface area contributed by atoms with E-state index in [9.17, 15) is 5.11 Å². The van der Waals surface area contributed by atoms with Crippen LogP contribution in [-0.4, -0.2) is 30.4 Å². The van der Waals surface area contributed by atoms with E-state index < -0.39 is 5.60 Å². The van der Waals surface area contributed by atoms with Gasteiger partial charge in [0.2, 0.25) is 0 Å². The van der Waals surface area contributed by atoms with Gasteiger partial charge in [0.15, 0.2) is 0 Å². The Morgan fingerprint density at radius 1 is 1.33 bits per heavy atom. The third-order valence-corrected chi connectivity index (χ3v) is 2.85. The van der Waals surface area contributed by atoms with Gasteiger partial charge in [0.25, 0.3) is 0 Å². The van der Waals surface area contributed by atoms with Gasteiger partial charge in [-0.15, -0.1) is 0 Å². The summed E-state index contributed by atoms with van der Waals surface area (Å²) in [6.45, 7) is 7.72. The Morgan fingerprint density at radius 2 is 2.00 bits per heavy atom. The van der Waals surface area contributed by atoms with Crippen molar-refractivity contribution >= 4 is 0 Å². The normalized spacial score (nSPS) is 16.2. The van der Waals surface area contributed by atoms with Gasteiger partial charge in [-0.3, -0.25) is 0 Å². The van der Waals surface area contributed by atoms with Crippen molar-refractivity contribution < 1.29 is 9.84 Å². The van der Waals surface area contributed by atoms with E-state index in [-0.39, 0.29) is 6.10 Å². The molecular formula is C15H25NO2. The number of ether oxygens (including phenoxy) is 1. The fourth-order valence-corrected chi connectivity index (χ4v) is 1.71. The lowest BCUT2D eigenvalue weighted by molar-refractivity contribution is -0.0577. The molecule has 0 saturated carbocycles. The lowest BCUT2D eigenvalue weighted by Gasteiger charge is -2.25. The molecule has 2 N–H and O–H groups in total. The molecule has 18 heavy (non-hydrogen) atoms. The minimum atomic E-state index is -0.821. The van der Waals surface area contributed by atoms with Crippen molar-refractivity contribution in [2.45, 2.75) is 38.9 Å². The third kappa shape index (κ3) is 5.63. The molecule has 2 atom stereocenters. The lowest BCUT2D eigenvalue weighted by atomic mass is 10.1. The molecule has 0 bridgehead atoms. The molecule has 3 heteroatoms. The summed E-state index contributed by atoms with van der Waals surface area (Å²) in [4.78, 5) is 0. The second-order valence-electron chi connectivity index (χ2n) is 5.04. The van der Waals surface area contributed by atoms with Gasteiger partial charge in [0.05, 0.1) is 18.3 Å². The molecular weight excluding hydrogens is 226 g/mol. The summed E-state index contributed by atoms with van der Waals surface area (Å²) in [5, 5.41) is 13.4. The maximum Gasteiger partial charge on any atom is 0.0975 e. The second kappa shape index (κ2) is 7.52. The van der Waals surface area contributed by atoms with Crippen LogP contribution in [0.5, 0.6) is 0 Å². The molecule has 102 valence electrons. The topological polar surface area (TPSA) is 41.5 Å². The first-order valence-electron chi connectivity index (χ1n) is 6.65. The summed E-state index contributed by atoms with van der Waals surface area (Å²) in [6, 6.07) is 10.1. The Morgan fingerprint density at radius 3 is 2.61 bits per heavy atom. The molecule has 0 aromatic heterocycles. The van der Waals surface area contributed by atoms with Crippen LogP contribution in [0.1, 0.15) is 38.9 Å². The maximum absolute atomic E-state index is 10.1. The number of rotatable bonds is 8. The second-order valence-corrected chi connectivity index (χ2v) is 5.04. The zero-order chi connectivity index (χ0) is 13.4. The number of aliphatic hydroxyl groups is 1. The van der Waals surface area contributed by atoms with E-state index in [1.165, 1.54) is 0 Å². The molecule has 0 heterocycles. The molecule has 0 fully saturated rings. The fourth-order valence-electron chi connectivity index (χ4n) is 1.71. The molecule has 0 aliphatic rings. The van der Waals surface area contributed by atoms with Gasteiger partial charge in [-0.05, 0) is 32.4 Å². The largest absolute Gasteiger partial charge is 0.386 e. The molecule has 0 amide bonds. The van der Waals surface area contributed by atoms with Gasteiger partial charge in [-0.25, -0.2) is 0 Å². The highest BCUT2D eigenvalue weighted by molar-refractivity contribution is 5.16. The maximum atomic E-state index is 10.1. The number of nitrogens with one attached hydrogen (secondary N) is 1. The van der Waals surface area contributed by atoms with Crippen molar-refractivity contribution in [3.05, 3.63) is 35.9 Å². The highest BCUT2D eigenvalue weighted by Crippen LogP contribution is 2.17. The Labute approximate surface area is 110 Å². The van der Waals surface area contributed by atoms with Crippen LogP contribution >= 0.6 is 0 Å². The molecule has 1 aromatic rings. The average Bonchev–Trinajstić information content (AvgIpc) is 2.37. The van der Waals surface area contributed by atoms with E-state index in [4.69, 9.17) is 4.74 Å². The minimum Gasteiger partial charge on any atom is -0.386 e. The van der Waals surface area contributed by atoms with Crippen LogP contribution in [0.3, 0.4) is 0 Å². The van der Waals surface area contributed by atoms with Crippen LogP contribution in [0.2, 0.25) is 0 Å². The summed E-state index contributed by atoms with van der Waals surface area (Å²) in [5.74, 6) is 0. The highest BCUT2D eigenvalue weighted by Gasteiger charge is 2.21. The standard InChI is InChI=1S/C15H25NO2/c1-4-10-16-11-15(3,17)12-18-13(2)14-8-6-5-7-9-14/h5-9,13,16-17H,4,10-12H2,1-3H3. The first kappa shape index (κ1) is 15.2. The Bertz CT molecular complexity index is 325. The van der Waals surface area contributed by atoms with Crippen molar-refractivity contribution in [3.63, 3.8) is 0 Å². The monoisotopic (exact) mass is 251 g/mol. The van der Waals surface area contributed by atoms with Gasteiger partial charge in [-0.1, -0.05) is 37.3 Å². The summed E-state index contributed by atoms with van der Waals surface area (Å²) < 4.78 is 5.73. The number of benzene rings is 1. The molecule has 2 unspecified atom stereocenters. The van der Waals surface area contributed by atoms with Crippen molar-refractivity contribution in [2.24, 2.45) is 0 Å². The Kier molecular flexibility index (Phi) is 6.33. The van der Waals surface area contributed by atoms with Crippen LogP contribution in [0.15, 0.2) is 30.3 Å². The Balaban J connectivity index is 2.35. The molecule has 1 aromatic carbocycles. The van der Waals surface area contributed by atoms with E-state index in [1.54, 1.807) is 6.92 Å². The first-order chi connectivity index (χ1) is 8.55. The van der Waals surface area contributed by atoms with Gasteiger partial charge in [0.1, 0.15) is 0 Å². The van der Waals surface area contributed by atoms with E-state index >= 15 is 0 Å². The van der Waals surface area contributed by atoms with Crippen LogP contribution in [0.25, 0.3) is 0 Å². The van der Waals surface area contributed by atoms with Crippen LogP contribution in [-0.2, 0) is 4.74 Å². The molecule has 1 rings (SSSR count). The van der Waals surface area contributed by atoms with E-state index in [1.807, 2.05) is 37.3 Å². The zero-order valence-electron chi connectivity index (χ0n) is 11.6. The summed E-state index contributed by atoms with van der Waals surface area (Å²) in [7, 11) is 0. The molecule has 3 nitrogen and oxygen atoms in total. The predicted molar refractivity (Wildman–Crippen MR) is 74.6 cm³/mol. The molecule has 0 radical (unpaired) electrons.